The van der Waals surface area contributed by atoms with Crippen LogP contribution in [0.5, 0.6) is 5.75 Å². The van der Waals surface area contributed by atoms with Gasteiger partial charge in [-0.05, 0) is 60.3 Å². The molecule has 1 aromatic heterocycles. The molecule has 9 heteroatoms. The normalized spacial score (nSPS) is 10.5. The number of aryl methyl sites for hydroxylation is 2. The van der Waals surface area contributed by atoms with Crippen molar-refractivity contribution in [1.82, 2.24) is 0 Å². The van der Waals surface area contributed by atoms with E-state index in [-0.39, 0.29) is 35.8 Å². The summed E-state index contributed by atoms with van der Waals surface area (Å²) < 4.78 is 16.9. The lowest BCUT2D eigenvalue weighted by molar-refractivity contribution is -0.116. The third-order valence-electron chi connectivity index (χ3n) is 4.27. The van der Waals surface area contributed by atoms with Crippen LogP contribution in [0.25, 0.3) is 0 Å². The summed E-state index contributed by atoms with van der Waals surface area (Å²) in [4.78, 5) is 36.2. The first kappa shape index (κ1) is 23.5. The van der Waals surface area contributed by atoms with Crippen LogP contribution in [0, 0.1) is 6.92 Å². The number of carbonyl (C=O) groups excluding carboxylic acids is 3. The molecular weight excluding hydrogens is 456 g/mol. The van der Waals surface area contributed by atoms with Gasteiger partial charge in [-0.3, -0.25) is 14.9 Å². The number of esters is 1. The molecule has 2 rings (SSSR count). The summed E-state index contributed by atoms with van der Waals surface area (Å²) in [5, 5.41) is 2.50. The standard InChI is InChI=1S/C21H25BrN2O6/c1-4-13-8-9-15(14(22)11-13)29-10-6-7-16(25)24-20-18(19(23)26)17(12(3)30-20)21(27)28-5-2/h8-9,11H,4-7,10H2,1-3H3,(H2,23,26)(H,24,25). The van der Waals surface area contributed by atoms with E-state index in [1.54, 1.807) is 6.92 Å². The Labute approximate surface area is 183 Å². The van der Waals surface area contributed by atoms with E-state index in [2.05, 4.69) is 28.2 Å². The molecule has 0 radical (unpaired) electrons. The van der Waals surface area contributed by atoms with E-state index in [0.717, 1.165) is 10.9 Å². The van der Waals surface area contributed by atoms with Gasteiger partial charge in [0.15, 0.2) is 0 Å². The van der Waals surface area contributed by atoms with Crippen molar-refractivity contribution in [2.75, 3.05) is 18.5 Å². The molecule has 0 fully saturated rings. The second kappa shape index (κ2) is 10.8. The average Bonchev–Trinajstić information content (AvgIpc) is 3.02. The van der Waals surface area contributed by atoms with E-state index >= 15 is 0 Å². The van der Waals surface area contributed by atoms with E-state index in [4.69, 9.17) is 19.6 Å². The number of primary amides is 1. The summed E-state index contributed by atoms with van der Waals surface area (Å²) in [6.07, 6.45) is 1.48. The first-order valence-corrected chi connectivity index (χ1v) is 10.4. The molecule has 0 aliphatic carbocycles. The molecule has 30 heavy (non-hydrogen) atoms. The Bertz CT molecular complexity index is 938. The van der Waals surface area contributed by atoms with E-state index in [9.17, 15) is 14.4 Å². The molecule has 0 saturated carbocycles. The van der Waals surface area contributed by atoms with Crippen molar-refractivity contribution >= 4 is 39.6 Å². The Morgan fingerprint density at radius 2 is 1.93 bits per heavy atom. The zero-order chi connectivity index (χ0) is 22.3. The topological polar surface area (TPSA) is 121 Å². The van der Waals surface area contributed by atoms with Gasteiger partial charge in [-0.15, -0.1) is 0 Å². The fourth-order valence-corrected chi connectivity index (χ4v) is 3.34. The quantitative estimate of drug-likeness (QED) is 0.391. The molecule has 0 unspecified atom stereocenters. The largest absolute Gasteiger partial charge is 0.492 e. The van der Waals surface area contributed by atoms with Crippen LogP contribution in [0.4, 0.5) is 5.88 Å². The van der Waals surface area contributed by atoms with E-state index in [1.807, 2.05) is 18.2 Å². The highest BCUT2D eigenvalue weighted by Crippen LogP contribution is 2.28. The van der Waals surface area contributed by atoms with Crippen LogP contribution in [0.2, 0.25) is 0 Å². The van der Waals surface area contributed by atoms with E-state index < -0.39 is 17.8 Å². The molecule has 3 N–H and O–H groups in total. The van der Waals surface area contributed by atoms with Crippen LogP contribution in [0.15, 0.2) is 27.1 Å². The number of carbonyl (C=O) groups is 3. The van der Waals surface area contributed by atoms with Gasteiger partial charge >= 0.3 is 5.97 Å². The fraction of sp³-hybridized carbons (Fsp3) is 0.381. The minimum atomic E-state index is -0.895. The molecule has 162 valence electrons. The highest BCUT2D eigenvalue weighted by atomic mass is 79.9. The number of amides is 2. The summed E-state index contributed by atoms with van der Waals surface area (Å²) in [6.45, 7) is 5.65. The van der Waals surface area contributed by atoms with Gasteiger partial charge < -0.3 is 19.6 Å². The lowest BCUT2D eigenvalue weighted by atomic mass is 10.1. The number of rotatable bonds is 10. The minimum absolute atomic E-state index is 0.0802. The second-order valence-electron chi connectivity index (χ2n) is 6.44. The Kier molecular flexibility index (Phi) is 8.46. The third kappa shape index (κ3) is 5.85. The predicted molar refractivity (Wildman–Crippen MR) is 115 cm³/mol. The lowest BCUT2D eigenvalue weighted by Gasteiger charge is -2.09. The van der Waals surface area contributed by atoms with E-state index in [0.29, 0.717) is 18.8 Å². The molecule has 2 aromatic rings. The van der Waals surface area contributed by atoms with Crippen molar-refractivity contribution in [2.24, 2.45) is 5.73 Å². The number of nitrogens with two attached hydrogens (primary N) is 1. The molecule has 0 aliphatic heterocycles. The number of anilines is 1. The Morgan fingerprint density at radius 1 is 1.20 bits per heavy atom. The Morgan fingerprint density at radius 3 is 2.53 bits per heavy atom. The van der Waals surface area contributed by atoms with Crippen molar-refractivity contribution < 1.29 is 28.3 Å². The number of benzene rings is 1. The van der Waals surface area contributed by atoms with Gasteiger partial charge in [-0.1, -0.05) is 13.0 Å². The lowest BCUT2D eigenvalue weighted by Crippen LogP contribution is -2.20. The van der Waals surface area contributed by atoms with Crippen molar-refractivity contribution in [2.45, 2.75) is 40.0 Å². The maximum Gasteiger partial charge on any atom is 0.342 e. The van der Waals surface area contributed by atoms with Crippen molar-refractivity contribution in [1.29, 1.82) is 0 Å². The predicted octanol–water partition coefficient (Wildman–Crippen LogP) is 3.99. The van der Waals surface area contributed by atoms with Crippen LogP contribution < -0.4 is 15.8 Å². The molecule has 0 aliphatic rings. The fourth-order valence-electron chi connectivity index (χ4n) is 2.80. The highest BCUT2D eigenvalue weighted by Gasteiger charge is 2.29. The van der Waals surface area contributed by atoms with Crippen LogP contribution >= 0.6 is 15.9 Å². The minimum Gasteiger partial charge on any atom is -0.492 e. The summed E-state index contributed by atoms with van der Waals surface area (Å²) in [5.74, 6) is -1.35. The summed E-state index contributed by atoms with van der Waals surface area (Å²) in [5.41, 5.74) is 6.29. The smallest absolute Gasteiger partial charge is 0.342 e. The molecule has 8 nitrogen and oxygen atoms in total. The molecule has 0 saturated heterocycles. The van der Waals surface area contributed by atoms with Crippen LogP contribution in [-0.2, 0) is 16.0 Å². The molecule has 0 atom stereocenters. The SMILES string of the molecule is CCOC(=O)c1c(C)oc(NC(=O)CCCOc2ccc(CC)cc2Br)c1C(N)=O. The average molecular weight is 481 g/mol. The third-order valence-corrected chi connectivity index (χ3v) is 4.89. The zero-order valence-corrected chi connectivity index (χ0v) is 18.8. The van der Waals surface area contributed by atoms with Crippen molar-refractivity contribution in [3.05, 3.63) is 45.1 Å². The van der Waals surface area contributed by atoms with Crippen molar-refractivity contribution in [3.63, 3.8) is 0 Å². The molecular formula is C21H25BrN2O6. The molecule has 2 amide bonds. The monoisotopic (exact) mass is 480 g/mol. The van der Waals surface area contributed by atoms with Gasteiger partial charge in [0, 0.05) is 6.42 Å². The summed E-state index contributed by atoms with van der Waals surface area (Å²) >= 11 is 3.47. The first-order chi connectivity index (χ1) is 14.3. The number of hydrogen-bond acceptors (Lipinski definition) is 6. The van der Waals surface area contributed by atoms with E-state index in [1.165, 1.54) is 12.5 Å². The number of furan rings is 1. The molecule has 0 spiro atoms. The zero-order valence-electron chi connectivity index (χ0n) is 17.2. The van der Waals surface area contributed by atoms with Gasteiger partial charge in [0.05, 0.1) is 17.7 Å². The van der Waals surface area contributed by atoms with Crippen LogP contribution in [0.1, 0.15) is 58.7 Å². The Balaban J connectivity index is 1.96. The summed E-state index contributed by atoms with van der Waals surface area (Å²) in [6, 6.07) is 5.86. The van der Waals surface area contributed by atoms with Gasteiger partial charge in [0.2, 0.25) is 11.8 Å². The maximum atomic E-state index is 12.3. The van der Waals surface area contributed by atoms with Gasteiger partial charge in [-0.2, -0.15) is 0 Å². The van der Waals surface area contributed by atoms with Crippen LogP contribution in [0.3, 0.4) is 0 Å². The number of halogens is 1. The molecule has 1 heterocycles. The van der Waals surface area contributed by atoms with Gasteiger partial charge in [0.1, 0.15) is 22.6 Å². The highest BCUT2D eigenvalue weighted by molar-refractivity contribution is 9.10. The van der Waals surface area contributed by atoms with Crippen LogP contribution in [-0.4, -0.2) is 31.0 Å². The molecule has 1 aromatic carbocycles. The maximum absolute atomic E-state index is 12.3. The number of ether oxygens (including phenoxy) is 2. The summed E-state index contributed by atoms with van der Waals surface area (Å²) in [7, 11) is 0. The number of nitrogens with one attached hydrogen (secondary N) is 1. The van der Waals surface area contributed by atoms with Crippen molar-refractivity contribution in [3.8, 4) is 5.75 Å². The Hall–Kier alpha value is -2.81. The first-order valence-electron chi connectivity index (χ1n) is 9.59. The number of hydrogen-bond donors (Lipinski definition) is 2. The van der Waals surface area contributed by atoms with Gasteiger partial charge in [-0.25, -0.2) is 4.79 Å². The van der Waals surface area contributed by atoms with Gasteiger partial charge in [0.25, 0.3) is 5.91 Å². The second-order valence-corrected chi connectivity index (χ2v) is 7.29. The molecule has 0 bridgehead atoms.